The molecule has 0 aliphatic carbocycles. The van der Waals surface area contributed by atoms with Gasteiger partial charge in [0.15, 0.2) is 0 Å². The third kappa shape index (κ3) is 6.05. The minimum Gasteiger partial charge on any atom is -0.355 e. The van der Waals surface area contributed by atoms with E-state index in [1.807, 2.05) is 19.9 Å². The topological polar surface area (TPSA) is 95.6 Å². The molecular formula is C21H27N3O4S. The molecule has 2 aromatic rings. The molecule has 8 heteroatoms. The summed E-state index contributed by atoms with van der Waals surface area (Å²) in [6.07, 6.45) is 0.822. The molecule has 2 aromatic carbocycles. The van der Waals surface area contributed by atoms with E-state index in [4.69, 9.17) is 0 Å². The van der Waals surface area contributed by atoms with Crippen LogP contribution in [0.1, 0.15) is 34.8 Å². The minimum atomic E-state index is -3.74. The van der Waals surface area contributed by atoms with Gasteiger partial charge in [0.05, 0.1) is 11.4 Å². The summed E-state index contributed by atoms with van der Waals surface area (Å²) in [6.45, 7) is 6.04. The molecule has 0 radical (unpaired) electrons. The average molecular weight is 418 g/mol. The summed E-state index contributed by atoms with van der Waals surface area (Å²) in [6, 6.07) is 11.4. The number of carbonyl (C=O) groups excluding carboxylic acids is 2. The number of nitrogens with zero attached hydrogens (tertiary/aromatic N) is 1. The lowest BCUT2D eigenvalue weighted by atomic mass is 10.2. The fourth-order valence-corrected chi connectivity index (χ4v) is 4.11. The summed E-state index contributed by atoms with van der Waals surface area (Å²) in [4.78, 5) is 25.8. The second kappa shape index (κ2) is 9.56. The summed E-state index contributed by atoms with van der Waals surface area (Å²) in [5, 5.41) is 2.72. The van der Waals surface area contributed by atoms with Crippen LogP contribution in [0.2, 0.25) is 0 Å². The maximum Gasteiger partial charge on any atom is 0.262 e. The third-order valence-corrected chi connectivity index (χ3v) is 5.84. The molecular weight excluding hydrogens is 390 g/mol. The monoisotopic (exact) mass is 417 g/mol. The molecule has 2 rings (SSSR count). The first-order valence-electron chi connectivity index (χ1n) is 9.36. The normalized spacial score (nSPS) is 11.0. The quantitative estimate of drug-likeness (QED) is 0.690. The largest absolute Gasteiger partial charge is 0.355 e. The number of benzene rings is 2. The molecule has 0 saturated carbocycles. The molecule has 0 bridgehead atoms. The van der Waals surface area contributed by atoms with E-state index in [0.717, 1.165) is 12.0 Å². The highest BCUT2D eigenvalue weighted by Gasteiger charge is 2.18. The zero-order valence-corrected chi connectivity index (χ0v) is 18.0. The predicted molar refractivity (Wildman–Crippen MR) is 113 cm³/mol. The number of likely N-dealkylation sites (N-methyl/N-ethyl adjacent to an activating group) is 1. The number of rotatable bonds is 8. The first-order chi connectivity index (χ1) is 13.6. The van der Waals surface area contributed by atoms with Crippen LogP contribution in [0.3, 0.4) is 0 Å². The molecule has 29 heavy (non-hydrogen) atoms. The summed E-state index contributed by atoms with van der Waals surface area (Å²) in [7, 11) is -2.19. The molecule has 0 aromatic heterocycles. The van der Waals surface area contributed by atoms with Crippen molar-refractivity contribution in [2.45, 2.75) is 32.1 Å². The number of nitrogens with one attached hydrogen (secondary N) is 2. The van der Waals surface area contributed by atoms with Gasteiger partial charge in [0.1, 0.15) is 0 Å². The van der Waals surface area contributed by atoms with Crippen molar-refractivity contribution in [2.24, 2.45) is 0 Å². The first kappa shape index (κ1) is 22.4. The smallest absolute Gasteiger partial charge is 0.262 e. The van der Waals surface area contributed by atoms with E-state index >= 15 is 0 Å². The van der Waals surface area contributed by atoms with Gasteiger partial charge in [0.2, 0.25) is 5.91 Å². The van der Waals surface area contributed by atoms with E-state index in [1.165, 1.54) is 29.2 Å². The van der Waals surface area contributed by atoms with Crippen LogP contribution < -0.4 is 10.0 Å². The van der Waals surface area contributed by atoms with Gasteiger partial charge in [0, 0.05) is 24.8 Å². The molecule has 7 nitrogen and oxygen atoms in total. The van der Waals surface area contributed by atoms with E-state index in [1.54, 1.807) is 26.1 Å². The Morgan fingerprint density at radius 2 is 1.69 bits per heavy atom. The Labute approximate surface area is 172 Å². The molecule has 0 spiro atoms. The Morgan fingerprint density at radius 1 is 1.03 bits per heavy atom. The van der Waals surface area contributed by atoms with Crippen molar-refractivity contribution in [3.05, 3.63) is 59.2 Å². The third-order valence-electron chi connectivity index (χ3n) is 4.32. The molecule has 0 saturated heterocycles. The number of hydrogen-bond donors (Lipinski definition) is 2. The van der Waals surface area contributed by atoms with E-state index in [-0.39, 0.29) is 23.3 Å². The summed E-state index contributed by atoms with van der Waals surface area (Å²) < 4.78 is 27.9. The molecule has 0 aliphatic rings. The molecule has 0 unspecified atom stereocenters. The van der Waals surface area contributed by atoms with Crippen LogP contribution in [0.25, 0.3) is 0 Å². The van der Waals surface area contributed by atoms with Crippen LogP contribution in [0.15, 0.2) is 47.4 Å². The van der Waals surface area contributed by atoms with Crippen LogP contribution in [0.5, 0.6) is 0 Å². The van der Waals surface area contributed by atoms with Crippen molar-refractivity contribution in [2.75, 3.05) is 24.9 Å². The van der Waals surface area contributed by atoms with Gasteiger partial charge in [-0.1, -0.05) is 19.1 Å². The molecule has 156 valence electrons. The lowest BCUT2D eigenvalue weighted by Crippen LogP contribution is -2.38. The van der Waals surface area contributed by atoms with Crippen LogP contribution in [0, 0.1) is 13.8 Å². The highest BCUT2D eigenvalue weighted by atomic mass is 32.2. The van der Waals surface area contributed by atoms with Crippen molar-refractivity contribution in [1.29, 1.82) is 0 Å². The fraction of sp³-hybridized carbons (Fsp3) is 0.333. The predicted octanol–water partition coefficient (Wildman–Crippen LogP) is 2.70. The Bertz CT molecular complexity index is 985. The van der Waals surface area contributed by atoms with Crippen molar-refractivity contribution >= 4 is 27.5 Å². The van der Waals surface area contributed by atoms with Gasteiger partial charge >= 0.3 is 0 Å². The van der Waals surface area contributed by atoms with Crippen LogP contribution in [-0.2, 0) is 14.8 Å². The molecule has 0 fully saturated rings. The standard InChI is InChI=1S/C21H27N3O4S/c1-5-12-22-20(25)14-24(4)21(26)17-8-10-18(11-9-17)23-29(27,28)19-13-15(2)6-7-16(19)3/h6-11,13,23H,5,12,14H2,1-4H3,(H,22,25). The van der Waals surface area contributed by atoms with Crippen LogP contribution >= 0.6 is 0 Å². The number of sulfonamides is 1. The van der Waals surface area contributed by atoms with Crippen molar-refractivity contribution in [3.63, 3.8) is 0 Å². The Hall–Kier alpha value is -2.87. The molecule has 0 aliphatic heterocycles. The second-order valence-electron chi connectivity index (χ2n) is 6.96. The van der Waals surface area contributed by atoms with Gasteiger partial charge in [-0.15, -0.1) is 0 Å². The van der Waals surface area contributed by atoms with E-state index in [9.17, 15) is 18.0 Å². The maximum absolute atomic E-state index is 12.7. The highest BCUT2D eigenvalue weighted by molar-refractivity contribution is 7.92. The van der Waals surface area contributed by atoms with Gasteiger partial charge in [-0.05, 0) is 61.7 Å². The van der Waals surface area contributed by atoms with Crippen molar-refractivity contribution in [3.8, 4) is 0 Å². The summed E-state index contributed by atoms with van der Waals surface area (Å²) >= 11 is 0. The molecule has 2 N–H and O–H groups in total. The molecule has 0 atom stereocenters. The minimum absolute atomic E-state index is 0.0418. The molecule has 0 heterocycles. The Balaban J connectivity index is 2.09. The number of carbonyl (C=O) groups is 2. The van der Waals surface area contributed by atoms with Gasteiger partial charge in [0.25, 0.3) is 15.9 Å². The summed E-state index contributed by atoms with van der Waals surface area (Å²) in [5.41, 5.74) is 2.22. The lowest BCUT2D eigenvalue weighted by Gasteiger charge is -2.17. The summed E-state index contributed by atoms with van der Waals surface area (Å²) in [5.74, 6) is -0.541. The van der Waals surface area contributed by atoms with Crippen LogP contribution in [0.4, 0.5) is 5.69 Å². The van der Waals surface area contributed by atoms with E-state index < -0.39 is 10.0 Å². The zero-order chi connectivity index (χ0) is 21.6. The SMILES string of the molecule is CCCNC(=O)CN(C)C(=O)c1ccc(NS(=O)(=O)c2cc(C)ccc2C)cc1. The zero-order valence-electron chi connectivity index (χ0n) is 17.2. The van der Waals surface area contributed by atoms with Gasteiger partial charge in [-0.3, -0.25) is 14.3 Å². The Morgan fingerprint density at radius 3 is 2.31 bits per heavy atom. The fourth-order valence-electron chi connectivity index (χ4n) is 2.72. The van der Waals surface area contributed by atoms with Crippen molar-refractivity contribution < 1.29 is 18.0 Å². The van der Waals surface area contributed by atoms with E-state index in [0.29, 0.717) is 23.4 Å². The van der Waals surface area contributed by atoms with Gasteiger partial charge in [-0.2, -0.15) is 0 Å². The highest BCUT2D eigenvalue weighted by Crippen LogP contribution is 2.21. The number of amides is 2. The van der Waals surface area contributed by atoms with E-state index in [2.05, 4.69) is 10.0 Å². The second-order valence-corrected chi connectivity index (χ2v) is 8.61. The van der Waals surface area contributed by atoms with Crippen molar-refractivity contribution in [1.82, 2.24) is 10.2 Å². The average Bonchev–Trinajstić information content (AvgIpc) is 2.67. The number of anilines is 1. The van der Waals surface area contributed by atoms with Gasteiger partial charge < -0.3 is 10.2 Å². The maximum atomic E-state index is 12.7. The number of aryl methyl sites for hydroxylation is 2. The number of hydrogen-bond acceptors (Lipinski definition) is 4. The molecule has 2 amide bonds. The van der Waals surface area contributed by atoms with Crippen LogP contribution in [-0.4, -0.2) is 45.3 Å². The Kier molecular flexibility index (Phi) is 7.39. The lowest BCUT2D eigenvalue weighted by molar-refractivity contribution is -0.121. The first-order valence-corrected chi connectivity index (χ1v) is 10.8. The van der Waals surface area contributed by atoms with Gasteiger partial charge in [-0.25, -0.2) is 8.42 Å².